The molecule has 2 rings (SSSR count). The SMILES string of the molecule is CN(C)CCCN(C)C(CN)c1cc(Br)c2c(c1)OCO2. The molecule has 0 radical (unpaired) electrons. The van der Waals surface area contributed by atoms with Gasteiger partial charge >= 0.3 is 0 Å². The molecule has 118 valence electrons. The van der Waals surface area contributed by atoms with Crippen LogP contribution in [0.3, 0.4) is 0 Å². The summed E-state index contributed by atoms with van der Waals surface area (Å²) in [7, 11) is 6.30. The minimum Gasteiger partial charge on any atom is -0.454 e. The zero-order valence-corrected chi connectivity index (χ0v) is 14.5. The van der Waals surface area contributed by atoms with Crippen molar-refractivity contribution in [2.75, 3.05) is 47.6 Å². The van der Waals surface area contributed by atoms with Crippen LogP contribution in [0.25, 0.3) is 0 Å². The van der Waals surface area contributed by atoms with Crippen molar-refractivity contribution in [3.05, 3.63) is 22.2 Å². The summed E-state index contributed by atoms with van der Waals surface area (Å²) in [4.78, 5) is 4.50. The molecule has 1 heterocycles. The van der Waals surface area contributed by atoms with Crippen LogP contribution < -0.4 is 15.2 Å². The van der Waals surface area contributed by atoms with Crippen molar-refractivity contribution in [3.8, 4) is 11.5 Å². The molecule has 1 unspecified atom stereocenters. The number of fused-ring (bicyclic) bond motifs is 1. The van der Waals surface area contributed by atoms with E-state index in [1.165, 1.54) is 0 Å². The molecule has 1 atom stereocenters. The molecule has 21 heavy (non-hydrogen) atoms. The summed E-state index contributed by atoms with van der Waals surface area (Å²) in [6.07, 6.45) is 1.12. The zero-order valence-electron chi connectivity index (χ0n) is 12.9. The van der Waals surface area contributed by atoms with Gasteiger partial charge < -0.3 is 20.1 Å². The van der Waals surface area contributed by atoms with Crippen LogP contribution in [-0.2, 0) is 0 Å². The van der Waals surface area contributed by atoms with Gasteiger partial charge in [0.15, 0.2) is 11.5 Å². The molecule has 1 aromatic rings. The molecule has 0 bridgehead atoms. The average molecular weight is 358 g/mol. The molecule has 1 aliphatic rings. The van der Waals surface area contributed by atoms with E-state index in [2.05, 4.69) is 52.9 Å². The van der Waals surface area contributed by atoms with Crippen LogP contribution in [0.15, 0.2) is 16.6 Å². The summed E-state index contributed by atoms with van der Waals surface area (Å²) < 4.78 is 11.8. The Balaban J connectivity index is 2.08. The number of halogens is 1. The standard InChI is InChI=1S/C15H24BrN3O2/c1-18(2)5-4-6-19(3)13(9-17)11-7-12(16)15-14(8-11)20-10-21-15/h7-8,13H,4-6,9-10,17H2,1-3H3. The van der Waals surface area contributed by atoms with Crippen molar-refractivity contribution in [2.45, 2.75) is 12.5 Å². The monoisotopic (exact) mass is 357 g/mol. The molecule has 0 amide bonds. The van der Waals surface area contributed by atoms with Crippen LogP contribution in [0.5, 0.6) is 11.5 Å². The number of benzene rings is 1. The minimum atomic E-state index is 0.179. The highest BCUT2D eigenvalue weighted by molar-refractivity contribution is 9.10. The largest absolute Gasteiger partial charge is 0.454 e. The molecule has 0 fully saturated rings. The maximum Gasteiger partial charge on any atom is 0.231 e. The quantitative estimate of drug-likeness (QED) is 0.809. The smallest absolute Gasteiger partial charge is 0.231 e. The summed E-state index contributed by atoms with van der Waals surface area (Å²) in [6, 6.07) is 4.29. The highest BCUT2D eigenvalue weighted by Crippen LogP contribution is 2.41. The van der Waals surface area contributed by atoms with E-state index < -0.39 is 0 Å². The van der Waals surface area contributed by atoms with Gasteiger partial charge in [-0.1, -0.05) is 0 Å². The second-order valence-electron chi connectivity index (χ2n) is 5.63. The van der Waals surface area contributed by atoms with E-state index >= 15 is 0 Å². The van der Waals surface area contributed by atoms with Gasteiger partial charge in [-0.05, 0) is 74.3 Å². The van der Waals surface area contributed by atoms with E-state index in [9.17, 15) is 0 Å². The van der Waals surface area contributed by atoms with Crippen LogP contribution in [0.2, 0.25) is 0 Å². The summed E-state index contributed by atoms with van der Waals surface area (Å²) in [6.45, 7) is 2.94. The summed E-state index contributed by atoms with van der Waals surface area (Å²) >= 11 is 3.55. The van der Waals surface area contributed by atoms with Crippen LogP contribution >= 0.6 is 15.9 Å². The third-order valence-corrected chi connectivity index (χ3v) is 4.29. The number of hydrogen-bond acceptors (Lipinski definition) is 5. The first-order chi connectivity index (χ1) is 10.0. The maximum absolute atomic E-state index is 5.99. The van der Waals surface area contributed by atoms with Gasteiger partial charge in [0.1, 0.15) is 0 Å². The molecular formula is C15H24BrN3O2. The Morgan fingerprint density at radius 3 is 2.67 bits per heavy atom. The van der Waals surface area contributed by atoms with Crippen molar-refractivity contribution in [3.63, 3.8) is 0 Å². The highest BCUT2D eigenvalue weighted by atomic mass is 79.9. The summed E-state index contributed by atoms with van der Waals surface area (Å²) in [5.41, 5.74) is 7.15. The Hall–Kier alpha value is -0.820. The van der Waals surface area contributed by atoms with Crippen LogP contribution in [-0.4, -0.2) is 57.4 Å². The van der Waals surface area contributed by atoms with Gasteiger partial charge in [-0.2, -0.15) is 0 Å². The Morgan fingerprint density at radius 1 is 1.24 bits per heavy atom. The van der Waals surface area contributed by atoms with Crippen LogP contribution in [0.4, 0.5) is 0 Å². The number of hydrogen-bond donors (Lipinski definition) is 1. The van der Waals surface area contributed by atoms with Gasteiger partial charge in [-0.3, -0.25) is 4.90 Å². The lowest BCUT2D eigenvalue weighted by atomic mass is 10.0. The Bertz CT molecular complexity index is 482. The molecule has 0 aliphatic carbocycles. The van der Waals surface area contributed by atoms with Crippen molar-refractivity contribution in [2.24, 2.45) is 5.73 Å². The number of nitrogens with zero attached hydrogens (tertiary/aromatic N) is 2. The Morgan fingerprint density at radius 2 is 2.00 bits per heavy atom. The number of rotatable bonds is 7. The van der Waals surface area contributed by atoms with Gasteiger partial charge in [-0.15, -0.1) is 0 Å². The molecule has 5 nitrogen and oxygen atoms in total. The van der Waals surface area contributed by atoms with E-state index in [-0.39, 0.29) is 12.8 Å². The Kier molecular flexibility index (Phi) is 5.87. The molecule has 0 saturated carbocycles. The lowest BCUT2D eigenvalue weighted by Crippen LogP contribution is -2.32. The van der Waals surface area contributed by atoms with E-state index in [1.807, 2.05) is 6.07 Å². The second-order valence-corrected chi connectivity index (χ2v) is 6.48. The lowest BCUT2D eigenvalue weighted by Gasteiger charge is -2.28. The fourth-order valence-corrected chi connectivity index (χ4v) is 3.12. The normalized spacial score (nSPS) is 15.0. The van der Waals surface area contributed by atoms with Crippen molar-refractivity contribution in [1.82, 2.24) is 9.80 Å². The van der Waals surface area contributed by atoms with Crippen molar-refractivity contribution < 1.29 is 9.47 Å². The lowest BCUT2D eigenvalue weighted by molar-refractivity contribution is 0.173. The molecule has 0 aromatic heterocycles. The predicted molar refractivity (Wildman–Crippen MR) is 87.9 cm³/mol. The number of nitrogens with two attached hydrogens (primary N) is 1. The predicted octanol–water partition coefficient (Wildman–Crippen LogP) is 2.06. The zero-order chi connectivity index (χ0) is 15.4. The van der Waals surface area contributed by atoms with Gasteiger partial charge in [0.05, 0.1) is 4.47 Å². The average Bonchev–Trinajstić information content (AvgIpc) is 2.88. The van der Waals surface area contributed by atoms with Gasteiger partial charge in [0.2, 0.25) is 6.79 Å². The van der Waals surface area contributed by atoms with E-state index in [1.54, 1.807) is 0 Å². The maximum atomic E-state index is 5.99. The first-order valence-corrected chi connectivity index (χ1v) is 7.96. The highest BCUT2D eigenvalue weighted by Gasteiger charge is 2.22. The Labute approximate surface area is 135 Å². The van der Waals surface area contributed by atoms with E-state index in [4.69, 9.17) is 15.2 Å². The first kappa shape index (κ1) is 16.5. The fourth-order valence-electron chi connectivity index (χ4n) is 2.54. The molecule has 1 aliphatic heterocycles. The fraction of sp³-hybridized carbons (Fsp3) is 0.600. The third kappa shape index (κ3) is 4.10. The molecule has 1 aromatic carbocycles. The number of ether oxygens (including phenoxy) is 2. The topological polar surface area (TPSA) is 51.0 Å². The van der Waals surface area contributed by atoms with Gasteiger partial charge in [0.25, 0.3) is 0 Å². The minimum absolute atomic E-state index is 0.179. The van der Waals surface area contributed by atoms with E-state index in [0.717, 1.165) is 41.0 Å². The molecule has 0 spiro atoms. The number of likely N-dealkylation sites (N-methyl/N-ethyl adjacent to an activating group) is 1. The van der Waals surface area contributed by atoms with Crippen LogP contribution in [0, 0.1) is 0 Å². The van der Waals surface area contributed by atoms with Gasteiger partial charge in [-0.25, -0.2) is 0 Å². The molecule has 6 heteroatoms. The summed E-state index contributed by atoms with van der Waals surface area (Å²) in [5, 5.41) is 0. The van der Waals surface area contributed by atoms with Crippen molar-refractivity contribution >= 4 is 15.9 Å². The van der Waals surface area contributed by atoms with Crippen LogP contribution in [0.1, 0.15) is 18.0 Å². The van der Waals surface area contributed by atoms with E-state index in [0.29, 0.717) is 6.54 Å². The third-order valence-electron chi connectivity index (χ3n) is 3.71. The molecule has 2 N–H and O–H groups in total. The second kappa shape index (κ2) is 7.45. The molecular weight excluding hydrogens is 334 g/mol. The molecule has 0 saturated heterocycles. The van der Waals surface area contributed by atoms with Gasteiger partial charge in [0, 0.05) is 12.6 Å². The van der Waals surface area contributed by atoms with Crippen molar-refractivity contribution in [1.29, 1.82) is 0 Å². The summed E-state index contributed by atoms with van der Waals surface area (Å²) in [5.74, 6) is 1.57. The first-order valence-electron chi connectivity index (χ1n) is 7.17.